The third kappa shape index (κ3) is 3.05. The molecule has 3 atom stereocenters. The summed E-state index contributed by atoms with van der Waals surface area (Å²) in [5.74, 6) is 1.70. The number of hydrogen-bond acceptors (Lipinski definition) is 4. The Morgan fingerprint density at radius 1 is 1.14 bits per heavy atom. The number of aromatic nitrogens is 2. The van der Waals surface area contributed by atoms with Crippen molar-refractivity contribution in [2.24, 2.45) is 11.8 Å². The van der Waals surface area contributed by atoms with Gasteiger partial charge >= 0.3 is 6.09 Å². The number of benzene rings is 2. The van der Waals surface area contributed by atoms with E-state index in [1.165, 1.54) is 10.8 Å². The second-order valence-corrected chi connectivity index (χ2v) is 7.79. The number of carboxylic acid groups (broad SMARTS) is 1. The minimum atomic E-state index is -0.939. The van der Waals surface area contributed by atoms with Gasteiger partial charge in [0, 0.05) is 30.9 Å². The van der Waals surface area contributed by atoms with Crippen molar-refractivity contribution in [1.82, 2.24) is 15.3 Å². The highest BCUT2D eigenvalue weighted by Gasteiger charge is 2.45. The Morgan fingerprint density at radius 2 is 2.00 bits per heavy atom. The van der Waals surface area contributed by atoms with Crippen LogP contribution in [-0.4, -0.2) is 40.3 Å². The highest BCUT2D eigenvalue weighted by Crippen LogP contribution is 2.43. The molecule has 1 saturated carbocycles. The Kier molecular flexibility index (Phi) is 4.11. The zero-order chi connectivity index (χ0) is 19.1. The molecule has 1 amide bonds. The number of rotatable bonds is 4. The molecular formula is C22H22N4O2. The fourth-order valence-corrected chi connectivity index (χ4v) is 4.77. The van der Waals surface area contributed by atoms with E-state index in [4.69, 9.17) is 10.1 Å². The molecule has 1 saturated heterocycles. The van der Waals surface area contributed by atoms with E-state index < -0.39 is 6.09 Å². The third-order valence-electron chi connectivity index (χ3n) is 6.15. The van der Waals surface area contributed by atoms with Crippen LogP contribution in [0, 0.1) is 11.8 Å². The van der Waals surface area contributed by atoms with Crippen LogP contribution in [0.25, 0.3) is 22.0 Å². The van der Waals surface area contributed by atoms with Crippen LogP contribution >= 0.6 is 0 Å². The summed E-state index contributed by atoms with van der Waals surface area (Å²) in [5, 5.41) is 13.8. The zero-order valence-electron chi connectivity index (χ0n) is 15.5. The Balaban J connectivity index is 1.36. The van der Waals surface area contributed by atoms with Crippen molar-refractivity contribution in [2.75, 3.05) is 18.0 Å². The lowest BCUT2D eigenvalue weighted by Gasteiger charge is -2.31. The lowest BCUT2D eigenvalue weighted by molar-refractivity contribution is 0.190. The maximum absolute atomic E-state index is 10.8. The van der Waals surface area contributed by atoms with E-state index in [9.17, 15) is 4.79 Å². The van der Waals surface area contributed by atoms with Gasteiger partial charge in [0.25, 0.3) is 0 Å². The van der Waals surface area contributed by atoms with Crippen LogP contribution in [0.4, 0.5) is 10.7 Å². The van der Waals surface area contributed by atoms with Gasteiger partial charge in [0.05, 0.1) is 5.69 Å². The van der Waals surface area contributed by atoms with Crippen molar-refractivity contribution in [3.63, 3.8) is 0 Å². The van der Waals surface area contributed by atoms with E-state index in [0.717, 1.165) is 36.6 Å². The number of carbonyl (C=O) groups is 1. The van der Waals surface area contributed by atoms with Gasteiger partial charge in [0.15, 0.2) is 0 Å². The molecule has 142 valence electrons. The fourth-order valence-electron chi connectivity index (χ4n) is 4.77. The molecule has 1 aliphatic heterocycles. The fraction of sp³-hybridized carbons (Fsp3) is 0.318. The first-order chi connectivity index (χ1) is 13.7. The molecule has 3 aromatic rings. The Labute approximate surface area is 163 Å². The third-order valence-corrected chi connectivity index (χ3v) is 6.15. The smallest absolute Gasteiger partial charge is 0.404 e. The summed E-state index contributed by atoms with van der Waals surface area (Å²) < 4.78 is 0. The normalized spacial score (nSPS) is 23.3. The second kappa shape index (κ2) is 6.78. The van der Waals surface area contributed by atoms with Crippen LogP contribution < -0.4 is 10.2 Å². The number of hydrogen-bond donors (Lipinski definition) is 2. The Bertz CT molecular complexity index is 1040. The maximum atomic E-state index is 10.8. The first-order valence-electron chi connectivity index (χ1n) is 9.73. The molecule has 0 unspecified atom stereocenters. The summed E-state index contributed by atoms with van der Waals surface area (Å²) in [6.45, 7) is 1.44. The van der Waals surface area contributed by atoms with Gasteiger partial charge in [0.2, 0.25) is 5.95 Å². The van der Waals surface area contributed by atoms with Gasteiger partial charge < -0.3 is 15.3 Å². The van der Waals surface area contributed by atoms with Crippen LogP contribution in [0.1, 0.15) is 12.8 Å². The molecule has 6 nitrogen and oxygen atoms in total. The minimum Gasteiger partial charge on any atom is -0.465 e. The molecule has 28 heavy (non-hydrogen) atoms. The molecule has 2 aromatic carbocycles. The minimum absolute atomic E-state index is 0.400. The summed E-state index contributed by atoms with van der Waals surface area (Å²) in [6.07, 6.45) is 2.98. The summed E-state index contributed by atoms with van der Waals surface area (Å²) in [5.41, 5.74) is 2.03. The van der Waals surface area contributed by atoms with Crippen LogP contribution in [0.15, 0.2) is 54.7 Å². The Morgan fingerprint density at radius 3 is 2.79 bits per heavy atom. The molecule has 2 heterocycles. The van der Waals surface area contributed by atoms with E-state index in [1.807, 2.05) is 24.4 Å². The molecule has 2 bridgehead atoms. The van der Waals surface area contributed by atoms with Crippen LogP contribution in [0.2, 0.25) is 0 Å². The largest absolute Gasteiger partial charge is 0.465 e. The van der Waals surface area contributed by atoms with Crippen LogP contribution in [0.3, 0.4) is 0 Å². The maximum Gasteiger partial charge on any atom is 0.404 e. The van der Waals surface area contributed by atoms with E-state index in [-0.39, 0.29) is 0 Å². The summed E-state index contributed by atoms with van der Waals surface area (Å²) in [7, 11) is 0. The molecule has 2 N–H and O–H groups in total. The number of nitrogens with one attached hydrogen (secondary N) is 1. The van der Waals surface area contributed by atoms with Crippen molar-refractivity contribution in [3.8, 4) is 11.3 Å². The lowest BCUT2D eigenvalue weighted by Crippen LogP contribution is -2.40. The van der Waals surface area contributed by atoms with Gasteiger partial charge in [-0.25, -0.2) is 14.8 Å². The highest BCUT2D eigenvalue weighted by molar-refractivity contribution is 5.86. The van der Waals surface area contributed by atoms with Crippen LogP contribution in [-0.2, 0) is 0 Å². The standard InChI is InChI=1S/C22H22N4O2/c27-22(28)24-12-17-10-19-11-18(17)13-26(19)21-23-8-7-20(25-21)16-6-5-14-3-1-2-4-15(14)9-16/h1-9,17-19,24H,10-13H2,(H,27,28)/t17-,18+,19+/m0/s1. The number of piperidine rings is 1. The van der Waals surface area contributed by atoms with Gasteiger partial charge in [-0.2, -0.15) is 0 Å². The van der Waals surface area contributed by atoms with Crippen LogP contribution in [0.5, 0.6) is 0 Å². The number of amides is 1. The molecule has 0 radical (unpaired) electrons. The molecule has 5 rings (SSSR count). The topological polar surface area (TPSA) is 78.4 Å². The lowest BCUT2D eigenvalue weighted by atomic mass is 9.94. The van der Waals surface area contributed by atoms with Crippen molar-refractivity contribution in [2.45, 2.75) is 18.9 Å². The molecule has 1 aromatic heterocycles. The first kappa shape index (κ1) is 17.0. The average Bonchev–Trinajstić information content (AvgIpc) is 3.32. The van der Waals surface area contributed by atoms with Crippen molar-refractivity contribution < 1.29 is 9.90 Å². The SMILES string of the molecule is O=C(O)NC[C@@H]1C[C@@H]2C[C@@H]1CN2c1nccc(-c2ccc3ccccc3c2)n1. The molecule has 1 aliphatic carbocycles. The molecule has 0 spiro atoms. The van der Waals surface area contributed by atoms with E-state index in [1.54, 1.807) is 0 Å². The van der Waals surface area contributed by atoms with Crippen molar-refractivity contribution in [1.29, 1.82) is 0 Å². The van der Waals surface area contributed by atoms with Gasteiger partial charge in [-0.3, -0.25) is 0 Å². The highest BCUT2D eigenvalue weighted by atomic mass is 16.4. The summed E-state index contributed by atoms with van der Waals surface area (Å²) in [6, 6.07) is 17.1. The predicted octanol–water partition coefficient (Wildman–Crippen LogP) is 3.78. The number of nitrogens with zero attached hydrogens (tertiary/aromatic N) is 3. The average molecular weight is 374 g/mol. The van der Waals surface area contributed by atoms with Crippen molar-refractivity contribution in [3.05, 3.63) is 54.7 Å². The molecule has 2 aliphatic rings. The summed E-state index contributed by atoms with van der Waals surface area (Å²) >= 11 is 0. The monoisotopic (exact) mass is 374 g/mol. The van der Waals surface area contributed by atoms with E-state index >= 15 is 0 Å². The van der Waals surface area contributed by atoms with Crippen molar-refractivity contribution >= 4 is 22.8 Å². The molecule has 2 fully saturated rings. The predicted molar refractivity (Wildman–Crippen MR) is 108 cm³/mol. The quantitative estimate of drug-likeness (QED) is 0.727. The first-order valence-corrected chi connectivity index (χ1v) is 9.73. The van der Waals surface area contributed by atoms with Gasteiger partial charge in [-0.05, 0) is 47.6 Å². The summed E-state index contributed by atoms with van der Waals surface area (Å²) in [4.78, 5) is 22.4. The van der Waals surface area contributed by atoms with Gasteiger partial charge in [0.1, 0.15) is 0 Å². The van der Waals surface area contributed by atoms with E-state index in [2.05, 4.69) is 45.5 Å². The van der Waals surface area contributed by atoms with Gasteiger partial charge in [-0.1, -0.05) is 36.4 Å². The zero-order valence-corrected chi connectivity index (χ0v) is 15.5. The van der Waals surface area contributed by atoms with Gasteiger partial charge in [-0.15, -0.1) is 0 Å². The van der Waals surface area contributed by atoms with E-state index in [0.29, 0.717) is 24.4 Å². The second-order valence-electron chi connectivity index (χ2n) is 7.79. The Hall–Kier alpha value is -3.15. The number of anilines is 1. The number of fused-ring (bicyclic) bond motifs is 3. The molecular weight excluding hydrogens is 352 g/mol. The molecule has 6 heteroatoms.